The van der Waals surface area contributed by atoms with Crippen molar-refractivity contribution >= 4 is 10.0 Å². The Morgan fingerprint density at radius 2 is 1.69 bits per heavy atom. The molecule has 1 aromatic heterocycles. The lowest BCUT2D eigenvalue weighted by molar-refractivity contribution is 0.258. The second-order valence-electron chi connectivity index (χ2n) is 8.27. The zero-order valence-electron chi connectivity index (χ0n) is 19.6. The molecule has 178 valence electrons. The Bertz CT molecular complexity index is 1010. The molecule has 2 heterocycles. The van der Waals surface area contributed by atoms with Crippen LogP contribution in [0.25, 0.3) is 0 Å². The highest BCUT2D eigenvalue weighted by Gasteiger charge is 2.28. The Hall–Kier alpha value is -2.37. The van der Waals surface area contributed by atoms with Gasteiger partial charge in [0.05, 0.1) is 39.2 Å². The van der Waals surface area contributed by atoms with Crippen LogP contribution in [0.15, 0.2) is 12.1 Å². The van der Waals surface area contributed by atoms with Crippen LogP contribution >= 0.6 is 0 Å². The molecule has 32 heavy (non-hydrogen) atoms. The second-order valence-corrected chi connectivity index (χ2v) is 10.1. The van der Waals surface area contributed by atoms with Crippen molar-refractivity contribution in [1.29, 1.82) is 0 Å². The van der Waals surface area contributed by atoms with E-state index in [1.807, 2.05) is 30.5 Å². The monoisotopic (exact) mass is 467 g/mol. The molecule has 0 aliphatic carbocycles. The van der Waals surface area contributed by atoms with Gasteiger partial charge in [-0.3, -0.25) is 4.90 Å². The van der Waals surface area contributed by atoms with Crippen molar-refractivity contribution in [3.8, 4) is 17.2 Å². The molecule has 2 aromatic rings. The van der Waals surface area contributed by atoms with E-state index in [-0.39, 0.29) is 5.92 Å². The maximum atomic E-state index is 11.9. The maximum Gasteiger partial charge on any atom is 0.209 e. The molecule has 1 aromatic carbocycles. The normalized spacial score (nSPS) is 15.8. The third-order valence-electron chi connectivity index (χ3n) is 5.63. The van der Waals surface area contributed by atoms with Crippen molar-refractivity contribution in [2.24, 2.45) is 5.92 Å². The first kappa shape index (κ1) is 24.3. The summed E-state index contributed by atoms with van der Waals surface area (Å²) in [6.45, 7) is 6.76. The highest BCUT2D eigenvalue weighted by Crippen LogP contribution is 2.35. The summed E-state index contributed by atoms with van der Waals surface area (Å²) >= 11 is 0. The predicted molar refractivity (Wildman–Crippen MR) is 121 cm³/mol. The number of nitrogens with zero attached hydrogens (tertiary/aromatic N) is 4. The first-order chi connectivity index (χ1) is 15.2. The van der Waals surface area contributed by atoms with E-state index in [0.717, 1.165) is 24.5 Å². The Morgan fingerprint density at radius 3 is 2.22 bits per heavy atom. The molecular formula is C21H33N5O5S. The SMILES string of the molecule is COc1cc(OC)c(CN2CCc3nnc(C(NS(C)(=O)=O)C(C)C)n3CC2)c(OC)c1. The number of rotatable bonds is 9. The summed E-state index contributed by atoms with van der Waals surface area (Å²) in [5, 5.41) is 8.71. The summed E-state index contributed by atoms with van der Waals surface area (Å²) in [5.74, 6) is 3.64. The zero-order valence-corrected chi connectivity index (χ0v) is 20.4. The van der Waals surface area contributed by atoms with Crippen LogP contribution in [0.4, 0.5) is 0 Å². The molecule has 0 bridgehead atoms. The van der Waals surface area contributed by atoms with Crippen LogP contribution in [0, 0.1) is 5.92 Å². The molecule has 0 saturated carbocycles. The molecule has 1 N–H and O–H groups in total. The van der Waals surface area contributed by atoms with Crippen LogP contribution in [-0.2, 0) is 29.5 Å². The van der Waals surface area contributed by atoms with Crippen molar-refractivity contribution in [3.63, 3.8) is 0 Å². The Kier molecular flexibility index (Phi) is 7.63. The molecule has 1 atom stereocenters. The van der Waals surface area contributed by atoms with Gasteiger partial charge in [-0.1, -0.05) is 13.8 Å². The minimum Gasteiger partial charge on any atom is -0.496 e. The van der Waals surface area contributed by atoms with E-state index >= 15 is 0 Å². The number of hydrogen-bond acceptors (Lipinski definition) is 8. The number of benzene rings is 1. The van der Waals surface area contributed by atoms with E-state index in [9.17, 15) is 8.42 Å². The summed E-state index contributed by atoms with van der Waals surface area (Å²) in [4.78, 5) is 2.31. The number of nitrogens with one attached hydrogen (secondary N) is 1. The lowest BCUT2D eigenvalue weighted by Crippen LogP contribution is -2.33. The van der Waals surface area contributed by atoms with Crippen LogP contribution in [-0.4, -0.2) is 68.8 Å². The van der Waals surface area contributed by atoms with Crippen LogP contribution in [0.1, 0.15) is 37.1 Å². The van der Waals surface area contributed by atoms with E-state index in [4.69, 9.17) is 14.2 Å². The van der Waals surface area contributed by atoms with Gasteiger partial charge in [0.1, 0.15) is 23.1 Å². The number of fused-ring (bicyclic) bond motifs is 1. The summed E-state index contributed by atoms with van der Waals surface area (Å²) in [5.41, 5.74) is 0.951. The van der Waals surface area contributed by atoms with Crippen LogP contribution in [0.2, 0.25) is 0 Å². The lowest BCUT2D eigenvalue weighted by Gasteiger charge is -2.24. The van der Waals surface area contributed by atoms with E-state index in [0.29, 0.717) is 42.6 Å². The van der Waals surface area contributed by atoms with Crippen molar-refractivity contribution in [2.75, 3.05) is 40.7 Å². The van der Waals surface area contributed by atoms with Crippen LogP contribution in [0.5, 0.6) is 17.2 Å². The van der Waals surface area contributed by atoms with Gasteiger partial charge in [-0.25, -0.2) is 13.1 Å². The van der Waals surface area contributed by atoms with Crippen molar-refractivity contribution < 1.29 is 22.6 Å². The zero-order chi connectivity index (χ0) is 23.5. The van der Waals surface area contributed by atoms with Gasteiger partial charge in [0.15, 0.2) is 5.82 Å². The van der Waals surface area contributed by atoms with E-state index < -0.39 is 16.1 Å². The summed E-state index contributed by atoms with van der Waals surface area (Å²) < 4.78 is 45.1. The minimum atomic E-state index is -3.38. The molecule has 0 amide bonds. The molecule has 0 spiro atoms. The first-order valence-electron chi connectivity index (χ1n) is 10.6. The quantitative estimate of drug-likeness (QED) is 0.593. The Labute approximate surface area is 189 Å². The van der Waals surface area contributed by atoms with Gasteiger partial charge in [-0.05, 0) is 5.92 Å². The topological polar surface area (TPSA) is 108 Å². The van der Waals surface area contributed by atoms with Crippen molar-refractivity contribution in [1.82, 2.24) is 24.4 Å². The Balaban J connectivity index is 1.82. The van der Waals surface area contributed by atoms with Gasteiger partial charge >= 0.3 is 0 Å². The molecule has 1 aliphatic rings. The first-order valence-corrected chi connectivity index (χ1v) is 12.5. The van der Waals surface area contributed by atoms with Gasteiger partial charge in [0.2, 0.25) is 10.0 Å². The van der Waals surface area contributed by atoms with Crippen LogP contribution in [0.3, 0.4) is 0 Å². The summed E-state index contributed by atoms with van der Waals surface area (Å²) in [6.07, 6.45) is 1.87. The largest absolute Gasteiger partial charge is 0.496 e. The number of sulfonamides is 1. The van der Waals surface area contributed by atoms with Gasteiger partial charge < -0.3 is 18.8 Å². The fourth-order valence-corrected chi connectivity index (χ4v) is 4.79. The molecule has 1 aliphatic heterocycles. The Morgan fingerprint density at radius 1 is 1.03 bits per heavy atom. The summed E-state index contributed by atoms with van der Waals surface area (Å²) in [7, 11) is 1.49. The average molecular weight is 468 g/mol. The minimum absolute atomic E-state index is 0.0326. The predicted octanol–water partition coefficient (Wildman–Crippen LogP) is 1.61. The molecule has 3 rings (SSSR count). The molecule has 11 heteroatoms. The summed E-state index contributed by atoms with van der Waals surface area (Å²) in [6, 6.07) is 3.28. The van der Waals surface area contributed by atoms with Gasteiger partial charge in [0, 0.05) is 44.7 Å². The smallest absolute Gasteiger partial charge is 0.209 e. The molecule has 0 radical (unpaired) electrons. The molecule has 0 fully saturated rings. The lowest BCUT2D eigenvalue weighted by atomic mass is 10.1. The van der Waals surface area contributed by atoms with E-state index in [1.165, 1.54) is 6.26 Å². The van der Waals surface area contributed by atoms with Gasteiger partial charge in [0.25, 0.3) is 0 Å². The van der Waals surface area contributed by atoms with Gasteiger partial charge in [-0.2, -0.15) is 0 Å². The molecule has 10 nitrogen and oxygen atoms in total. The number of aromatic nitrogens is 3. The number of hydrogen-bond donors (Lipinski definition) is 1. The third kappa shape index (κ3) is 5.51. The van der Waals surface area contributed by atoms with Crippen molar-refractivity contribution in [3.05, 3.63) is 29.3 Å². The second kappa shape index (κ2) is 10.1. The number of methoxy groups -OCH3 is 3. The van der Waals surface area contributed by atoms with E-state index in [1.54, 1.807) is 21.3 Å². The highest BCUT2D eigenvalue weighted by atomic mass is 32.2. The standard InChI is InChI=1S/C21H33N5O5S/c1-14(2)20(24-32(6,27)28)21-23-22-19-7-8-25(9-10-26(19)21)13-16-17(30-4)11-15(29-3)12-18(16)31-5/h11-12,14,20,24H,7-10,13H2,1-6H3. The average Bonchev–Trinajstić information content (AvgIpc) is 3.04. The van der Waals surface area contributed by atoms with Crippen molar-refractivity contribution in [2.45, 2.75) is 39.4 Å². The fraction of sp³-hybridized carbons (Fsp3) is 0.619. The van der Waals surface area contributed by atoms with Gasteiger partial charge in [-0.15, -0.1) is 10.2 Å². The third-order valence-corrected chi connectivity index (χ3v) is 6.31. The molecule has 0 saturated heterocycles. The highest BCUT2D eigenvalue weighted by molar-refractivity contribution is 7.88. The van der Waals surface area contributed by atoms with Crippen LogP contribution < -0.4 is 18.9 Å². The molecule has 1 unspecified atom stereocenters. The van der Waals surface area contributed by atoms with E-state index in [2.05, 4.69) is 19.8 Å². The molecular weight excluding hydrogens is 434 g/mol. The maximum absolute atomic E-state index is 11.9. The fourth-order valence-electron chi connectivity index (χ4n) is 3.95. The number of ether oxygens (including phenoxy) is 3.